The van der Waals surface area contributed by atoms with E-state index in [0.29, 0.717) is 0 Å². The molecule has 0 unspecified atom stereocenters. The van der Waals surface area contributed by atoms with Crippen LogP contribution in [0.5, 0.6) is 0 Å². The van der Waals surface area contributed by atoms with Crippen LogP contribution in [-0.2, 0) is 6.54 Å². The molecule has 0 saturated carbocycles. The van der Waals surface area contributed by atoms with Crippen LogP contribution >= 0.6 is 0 Å². The molecule has 16 heavy (non-hydrogen) atoms. The van der Waals surface area contributed by atoms with Gasteiger partial charge in [0.15, 0.2) is 0 Å². The van der Waals surface area contributed by atoms with Gasteiger partial charge in [0.2, 0.25) is 0 Å². The number of aromatic nitrogens is 3. The van der Waals surface area contributed by atoms with E-state index in [9.17, 15) is 0 Å². The Kier molecular flexibility index (Phi) is 2.14. The number of pyridine rings is 1. The average Bonchev–Trinajstić information content (AvgIpc) is 2.74. The number of benzene rings is 1. The van der Waals surface area contributed by atoms with Crippen molar-refractivity contribution < 1.29 is 0 Å². The maximum atomic E-state index is 4.34. The highest BCUT2D eigenvalue weighted by Gasteiger charge is 2.01. The second-order valence-corrected chi connectivity index (χ2v) is 3.72. The molecule has 0 atom stereocenters. The fourth-order valence-electron chi connectivity index (χ4n) is 1.81. The number of imidazole rings is 1. The van der Waals surface area contributed by atoms with E-state index in [2.05, 4.69) is 26.7 Å². The molecule has 0 radical (unpaired) electrons. The Labute approximate surface area is 93.4 Å². The van der Waals surface area contributed by atoms with Gasteiger partial charge in [-0.2, -0.15) is 0 Å². The molecule has 3 heteroatoms. The molecule has 3 rings (SSSR count). The van der Waals surface area contributed by atoms with E-state index in [1.165, 1.54) is 5.56 Å². The van der Waals surface area contributed by atoms with E-state index in [-0.39, 0.29) is 0 Å². The highest BCUT2D eigenvalue weighted by molar-refractivity contribution is 5.73. The average molecular weight is 209 g/mol. The number of hydrogen-bond donors (Lipinski definition) is 0. The Bertz CT molecular complexity index is 599. The van der Waals surface area contributed by atoms with Crippen molar-refractivity contribution in [2.24, 2.45) is 0 Å². The SMILES string of the molecule is c1ccc(Cn2cnc3ccncc32)cc1. The third-order valence-corrected chi connectivity index (χ3v) is 2.62. The van der Waals surface area contributed by atoms with Gasteiger partial charge in [0.25, 0.3) is 0 Å². The molecular formula is C13H11N3. The monoisotopic (exact) mass is 209 g/mol. The molecule has 0 aliphatic carbocycles. The van der Waals surface area contributed by atoms with Crippen LogP contribution in [0.25, 0.3) is 11.0 Å². The zero-order valence-electron chi connectivity index (χ0n) is 8.74. The zero-order valence-corrected chi connectivity index (χ0v) is 8.74. The van der Waals surface area contributed by atoms with Crippen molar-refractivity contribution in [3.8, 4) is 0 Å². The lowest BCUT2D eigenvalue weighted by Gasteiger charge is -2.03. The summed E-state index contributed by atoms with van der Waals surface area (Å²) in [6.07, 6.45) is 5.48. The first kappa shape index (κ1) is 9.09. The molecule has 0 aliphatic heterocycles. The quantitative estimate of drug-likeness (QED) is 0.649. The van der Waals surface area contributed by atoms with Crippen molar-refractivity contribution in [2.45, 2.75) is 6.54 Å². The smallest absolute Gasteiger partial charge is 0.0961 e. The molecule has 2 aromatic heterocycles. The lowest BCUT2D eigenvalue weighted by molar-refractivity contribution is 0.823. The van der Waals surface area contributed by atoms with Crippen LogP contribution in [0.4, 0.5) is 0 Å². The van der Waals surface area contributed by atoms with Crippen LogP contribution in [0.3, 0.4) is 0 Å². The zero-order chi connectivity index (χ0) is 10.8. The molecule has 0 aliphatic rings. The number of fused-ring (bicyclic) bond motifs is 1. The molecule has 0 bridgehead atoms. The molecule has 1 aromatic carbocycles. The fraction of sp³-hybridized carbons (Fsp3) is 0.0769. The summed E-state index contributed by atoms with van der Waals surface area (Å²) in [5, 5.41) is 0. The summed E-state index contributed by atoms with van der Waals surface area (Å²) >= 11 is 0. The summed E-state index contributed by atoms with van der Waals surface area (Å²) < 4.78 is 2.11. The maximum absolute atomic E-state index is 4.34. The predicted octanol–water partition coefficient (Wildman–Crippen LogP) is 2.48. The normalized spacial score (nSPS) is 10.8. The van der Waals surface area contributed by atoms with Crippen molar-refractivity contribution in [1.29, 1.82) is 0 Å². The van der Waals surface area contributed by atoms with E-state index in [0.717, 1.165) is 17.6 Å². The molecule has 0 saturated heterocycles. The predicted molar refractivity (Wildman–Crippen MR) is 63.1 cm³/mol. The Morgan fingerprint density at radius 3 is 2.81 bits per heavy atom. The first-order valence-corrected chi connectivity index (χ1v) is 5.22. The number of hydrogen-bond acceptors (Lipinski definition) is 2. The van der Waals surface area contributed by atoms with Gasteiger partial charge in [-0.25, -0.2) is 4.98 Å². The Morgan fingerprint density at radius 2 is 1.94 bits per heavy atom. The topological polar surface area (TPSA) is 30.7 Å². The Morgan fingerprint density at radius 1 is 1.06 bits per heavy atom. The maximum Gasteiger partial charge on any atom is 0.0961 e. The van der Waals surface area contributed by atoms with E-state index in [4.69, 9.17) is 0 Å². The standard InChI is InChI=1S/C13H11N3/c1-2-4-11(5-3-1)9-16-10-15-12-6-7-14-8-13(12)16/h1-8,10H,9H2. The van der Waals surface area contributed by atoms with Crippen LogP contribution in [0.2, 0.25) is 0 Å². The van der Waals surface area contributed by atoms with E-state index < -0.39 is 0 Å². The largest absolute Gasteiger partial charge is 0.325 e. The number of rotatable bonds is 2. The summed E-state index contributed by atoms with van der Waals surface area (Å²) in [7, 11) is 0. The van der Waals surface area contributed by atoms with Gasteiger partial charge in [-0.15, -0.1) is 0 Å². The number of nitrogens with zero attached hydrogens (tertiary/aromatic N) is 3. The minimum absolute atomic E-state index is 0.836. The van der Waals surface area contributed by atoms with Crippen molar-refractivity contribution in [2.75, 3.05) is 0 Å². The van der Waals surface area contributed by atoms with Gasteiger partial charge in [0.1, 0.15) is 0 Å². The van der Waals surface area contributed by atoms with Crippen molar-refractivity contribution in [3.63, 3.8) is 0 Å². The first-order chi connectivity index (χ1) is 7.93. The lowest BCUT2D eigenvalue weighted by Crippen LogP contribution is -1.97. The van der Waals surface area contributed by atoms with Gasteiger partial charge in [0, 0.05) is 12.7 Å². The summed E-state index contributed by atoms with van der Waals surface area (Å²) in [6, 6.07) is 12.3. The minimum Gasteiger partial charge on any atom is -0.325 e. The highest BCUT2D eigenvalue weighted by Crippen LogP contribution is 2.12. The summed E-state index contributed by atoms with van der Waals surface area (Å²) in [5.41, 5.74) is 3.34. The van der Waals surface area contributed by atoms with Gasteiger partial charge in [-0.1, -0.05) is 30.3 Å². The van der Waals surface area contributed by atoms with Crippen LogP contribution in [-0.4, -0.2) is 14.5 Å². The minimum atomic E-state index is 0.836. The van der Waals surface area contributed by atoms with Gasteiger partial charge >= 0.3 is 0 Å². The van der Waals surface area contributed by atoms with Gasteiger partial charge in [-0.3, -0.25) is 4.98 Å². The third kappa shape index (κ3) is 1.56. The molecule has 0 N–H and O–H groups in total. The fourth-order valence-corrected chi connectivity index (χ4v) is 1.81. The van der Waals surface area contributed by atoms with Gasteiger partial charge < -0.3 is 4.57 Å². The van der Waals surface area contributed by atoms with E-state index in [1.54, 1.807) is 6.20 Å². The molecule has 2 heterocycles. The van der Waals surface area contributed by atoms with Crippen molar-refractivity contribution in [1.82, 2.24) is 14.5 Å². The highest BCUT2D eigenvalue weighted by atomic mass is 15.0. The van der Waals surface area contributed by atoms with Crippen LogP contribution in [0, 0.1) is 0 Å². The summed E-state index contributed by atoms with van der Waals surface area (Å²) in [4.78, 5) is 8.46. The van der Waals surface area contributed by atoms with Crippen LogP contribution in [0.15, 0.2) is 55.1 Å². The molecule has 0 spiro atoms. The van der Waals surface area contributed by atoms with Gasteiger partial charge in [0.05, 0.1) is 23.6 Å². The first-order valence-electron chi connectivity index (χ1n) is 5.22. The second kappa shape index (κ2) is 3.77. The molecule has 3 nitrogen and oxygen atoms in total. The summed E-state index contributed by atoms with van der Waals surface area (Å²) in [6.45, 7) is 0.836. The van der Waals surface area contributed by atoms with E-state index in [1.807, 2.05) is 36.8 Å². The molecule has 0 amide bonds. The van der Waals surface area contributed by atoms with Crippen LogP contribution < -0.4 is 0 Å². The third-order valence-electron chi connectivity index (χ3n) is 2.62. The summed E-state index contributed by atoms with van der Waals surface area (Å²) in [5.74, 6) is 0. The molecular weight excluding hydrogens is 198 g/mol. The van der Waals surface area contributed by atoms with Crippen molar-refractivity contribution >= 4 is 11.0 Å². The second-order valence-electron chi connectivity index (χ2n) is 3.72. The molecule has 0 fully saturated rings. The van der Waals surface area contributed by atoms with Gasteiger partial charge in [-0.05, 0) is 11.6 Å². The van der Waals surface area contributed by atoms with Crippen LogP contribution in [0.1, 0.15) is 5.56 Å². The van der Waals surface area contributed by atoms with E-state index >= 15 is 0 Å². The van der Waals surface area contributed by atoms with Crippen molar-refractivity contribution in [3.05, 3.63) is 60.7 Å². The molecule has 3 aromatic rings. The Hall–Kier alpha value is -2.16. The molecule has 78 valence electrons. The lowest BCUT2D eigenvalue weighted by atomic mass is 10.2. The Balaban J connectivity index is 2.01.